The highest BCUT2D eigenvalue weighted by Gasteiger charge is 2.49. The van der Waals surface area contributed by atoms with Crippen molar-refractivity contribution in [3.8, 4) is 21.9 Å². The minimum Gasteiger partial charge on any atom is -0.421 e. The second-order valence-corrected chi connectivity index (χ2v) is 13.1. The van der Waals surface area contributed by atoms with E-state index < -0.39 is 10.0 Å². The lowest BCUT2D eigenvalue weighted by atomic mass is 9.91. The molecular weight excluding hydrogens is 524 g/mol. The van der Waals surface area contributed by atoms with Gasteiger partial charge >= 0.3 is 0 Å². The fraction of sp³-hybridized carbons (Fsp3) is 0.462. The summed E-state index contributed by atoms with van der Waals surface area (Å²) in [4.78, 5) is 10.4. The molecule has 2 saturated heterocycles. The first kappa shape index (κ1) is 24.1. The molecule has 0 radical (unpaired) electrons. The largest absolute Gasteiger partial charge is 0.421 e. The van der Waals surface area contributed by atoms with Gasteiger partial charge in [-0.1, -0.05) is 0 Å². The molecule has 3 aliphatic heterocycles. The molecule has 2 N–H and O–H groups in total. The number of hydrogen-bond donors (Lipinski definition) is 1. The highest BCUT2D eigenvalue weighted by Crippen LogP contribution is 2.53. The van der Waals surface area contributed by atoms with Gasteiger partial charge in [0.05, 0.1) is 27.7 Å². The summed E-state index contributed by atoms with van der Waals surface area (Å²) in [5.41, 5.74) is 8.86. The van der Waals surface area contributed by atoms with Gasteiger partial charge in [-0.25, -0.2) is 13.4 Å². The predicted octanol–water partition coefficient (Wildman–Crippen LogP) is 4.50. The van der Waals surface area contributed by atoms with Crippen LogP contribution in [0.1, 0.15) is 55.4 Å². The van der Waals surface area contributed by atoms with Crippen LogP contribution in [0.15, 0.2) is 27.6 Å². The van der Waals surface area contributed by atoms with Crippen molar-refractivity contribution in [3.05, 3.63) is 35.6 Å². The minimum absolute atomic E-state index is 0.241. The summed E-state index contributed by atoms with van der Waals surface area (Å²) >= 11 is 1.44. The molecule has 0 spiro atoms. The number of aromatic nitrogens is 4. The summed E-state index contributed by atoms with van der Waals surface area (Å²) < 4.78 is 42.0. The van der Waals surface area contributed by atoms with Crippen molar-refractivity contribution in [1.82, 2.24) is 24.5 Å². The van der Waals surface area contributed by atoms with Crippen molar-refractivity contribution in [1.29, 1.82) is 0 Å². The summed E-state index contributed by atoms with van der Waals surface area (Å²) in [6.45, 7) is 3.78. The second-order valence-electron chi connectivity index (χ2n) is 10.2. The summed E-state index contributed by atoms with van der Waals surface area (Å²) in [5.74, 6) is 1.65. The lowest BCUT2D eigenvalue weighted by molar-refractivity contribution is 0.0639. The molecule has 3 aliphatic rings. The second kappa shape index (κ2) is 9.08. The van der Waals surface area contributed by atoms with Crippen molar-refractivity contribution in [2.24, 2.45) is 5.92 Å². The summed E-state index contributed by atoms with van der Waals surface area (Å²) in [6, 6.07) is 3.64. The number of hydrogen-bond acceptors (Lipinski definition) is 10. The van der Waals surface area contributed by atoms with E-state index in [0.717, 1.165) is 66.0 Å². The first-order valence-electron chi connectivity index (χ1n) is 13.0. The highest BCUT2D eigenvalue weighted by atomic mass is 32.2. The van der Waals surface area contributed by atoms with Gasteiger partial charge in [-0.2, -0.15) is 4.31 Å². The van der Waals surface area contributed by atoms with E-state index >= 15 is 0 Å². The van der Waals surface area contributed by atoms with E-state index in [2.05, 4.69) is 15.2 Å². The van der Waals surface area contributed by atoms with Crippen molar-refractivity contribution in [3.63, 3.8) is 0 Å². The number of anilines is 1. The number of ether oxygens (including phenoxy) is 1. The Morgan fingerprint density at radius 2 is 2.03 bits per heavy atom. The molecule has 2 fully saturated rings. The minimum atomic E-state index is -3.76. The van der Waals surface area contributed by atoms with Crippen LogP contribution in [0, 0.1) is 12.8 Å². The predicted molar refractivity (Wildman–Crippen MR) is 143 cm³/mol. The molecule has 1 unspecified atom stereocenters. The van der Waals surface area contributed by atoms with Crippen LogP contribution in [-0.2, 0) is 21.2 Å². The Morgan fingerprint density at radius 1 is 1.18 bits per heavy atom. The van der Waals surface area contributed by atoms with Gasteiger partial charge < -0.3 is 14.9 Å². The van der Waals surface area contributed by atoms with E-state index in [-0.39, 0.29) is 10.9 Å². The van der Waals surface area contributed by atoms with Gasteiger partial charge in [0.1, 0.15) is 10.7 Å². The van der Waals surface area contributed by atoms with Crippen molar-refractivity contribution in [2.75, 3.05) is 25.5 Å². The summed E-state index contributed by atoms with van der Waals surface area (Å²) in [7, 11) is -3.76. The van der Waals surface area contributed by atoms with Crippen LogP contribution in [0.4, 0.5) is 5.82 Å². The van der Waals surface area contributed by atoms with Crippen molar-refractivity contribution in [2.45, 2.75) is 56.4 Å². The Kier molecular flexibility index (Phi) is 5.76. The normalized spacial score (nSPS) is 21.2. The molecule has 0 saturated carbocycles. The molecule has 0 bridgehead atoms. The number of nitrogens with zero attached hydrogens (tertiary/aromatic N) is 5. The van der Waals surface area contributed by atoms with Crippen molar-refractivity contribution < 1.29 is 17.6 Å². The zero-order valence-electron chi connectivity index (χ0n) is 21.0. The number of sulfonamides is 1. The average molecular weight is 553 g/mol. The van der Waals surface area contributed by atoms with Crippen LogP contribution in [0.25, 0.3) is 32.0 Å². The number of fused-ring (bicyclic) bond motifs is 4. The molecule has 4 aromatic rings. The van der Waals surface area contributed by atoms with Crippen LogP contribution >= 0.6 is 11.3 Å². The number of thiophene rings is 1. The van der Waals surface area contributed by atoms with E-state index in [1.807, 2.05) is 12.1 Å². The quantitative estimate of drug-likeness (QED) is 0.379. The van der Waals surface area contributed by atoms with E-state index in [4.69, 9.17) is 19.9 Å². The maximum atomic E-state index is 14.0. The number of pyridine rings is 2. The molecule has 1 atom stereocenters. The van der Waals surface area contributed by atoms with Crippen LogP contribution in [-0.4, -0.2) is 52.6 Å². The molecule has 198 valence electrons. The van der Waals surface area contributed by atoms with E-state index in [1.54, 1.807) is 17.4 Å². The average Bonchev–Trinajstić information content (AvgIpc) is 3.69. The van der Waals surface area contributed by atoms with Crippen molar-refractivity contribution >= 4 is 37.3 Å². The monoisotopic (exact) mass is 552 g/mol. The maximum Gasteiger partial charge on any atom is 0.250 e. The van der Waals surface area contributed by atoms with Gasteiger partial charge in [-0.05, 0) is 62.0 Å². The van der Waals surface area contributed by atoms with Crippen LogP contribution in [0.3, 0.4) is 0 Å². The molecule has 12 heteroatoms. The van der Waals surface area contributed by atoms with E-state index in [1.165, 1.54) is 11.3 Å². The van der Waals surface area contributed by atoms with E-state index in [9.17, 15) is 8.42 Å². The fourth-order valence-electron chi connectivity index (χ4n) is 6.07. The van der Waals surface area contributed by atoms with Crippen LogP contribution in [0.5, 0.6) is 0 Å². The molecular formula is C26H28N6O4S2. The Hall–Kier alpha value is -2.93. The molecule has 0 amide bonds. The lowest BCUT2D eigenvalue weighted by Gasteiger charge is -2.22. The standard InChI is InChI=1S/C26H28N6O4S2/c1-14-30-31-26(36-14)20-17(5-4-15-7-11-35-12-8-15)29-22-18-3-2-10-32(18)38(33,34)24(22)21(20)19-13-16-6-9-28-25(27)23(16)37-19/h6,9,13,15,18H,2-5,7-8,10-12H2,1H3,(H2,27,28). The van der Waals surface area contributed by atoms with Gasteiger partial charge in [0.2, 0.25) is 21.8 Å². The third-order valence-corrected chi connectivity index (χ3v) is 11.1. The topological polar surface area (TPSA) is 137 Å². The third-order valence-electron chi connectivity index (χ3n) is 7.92. The number of nitrogens with two attached hydrogens (primary N) is 1. The Labute approximate surface area is 224 Å². The molecule has 7 rings (SSSR count). The first-order valence-corrected chi connectivity index (χ1v) is 15.3. The molecule has 38 heavy (non-hydrogen) atoms. The van der Waals surface area contributed by atoms with Crippen LogP contribution < -0.4 is 5.73 Å². The molecule has 10 nitrogen and oxygen atoms in total. The smallest absolute Gasteiger partial charge is 0.250 e. The fourth-order valence-corrected chi connectivity index (χ4v) is 9.31. The SMILES string of the molecule is Cc1nnc(-c2c(CCC3CCOCC3)nc3c(c2-c2cc4ccnc(N)c4s2)S(=O)(=O)N2CCCC32)o1. The molecule has 0 aromatic carbocycles. The Balaban J connectivity index is 1.50. The summed E-state index contributed by atoms with van der Waals surface area (Å²) in [6.07, 6.45) is 6.90. The molecule has 7 heterocycles. The van der Waals surface area contributed by atoms with Gasteiger partial charge in [-0.15, -0.1) is 21.5 Å². The number of rotatable bonds is 5. The summed E-state index contributed by atoms with van der Waals surface area (Å²) in [5, 5.41) is 9.35. The lowest BCUT2D eigenvalue weighted by Crippen LogP contribution is -2.23. The highest BCUT2D eigenvalue weighted by molar-refractivity contribution is 7.89. The van der Waals surface area contributed by atoms with E-state index in [0.29, 0.717) is 53.3 Å². The Morgan fingerprint density at radius 3 is 2.79 bits per heavy atom. The van der Waals surface area contributed by atoms with Gasteiger partial charge in [0.15, 0.2) is 0 Å². The molecule has 0 aliphatic carbocycles. The van der Waals surface area contributed by atoms with Gasteiger partial charge in [0, 0.05) is 43.3 Å². The number of aryl methyl sites for hydroxylation is 2. The number of nitrogen functional groups attached to an aromatic ring is 1. The maximum absolute atomic E-state index is 14.0. The third kappa shape index (κ3) is 3.76. The van der Waals surface area contributed by atoms with Crippen LogP contribution in [0.2, 0.25) is 0 Å². The zero-order chi connectivity index (χ0) is 26.0. The van der Waals surface area contributed by atoms with Gasteiger partial charge in [-0.3, -0.25) is 4.98 Å². The molecule has 4 aromatic heterocycles. The van der Waals surface area contributed by atoms with Gasteiger partial charge in [0.25, 0.3) is 0 Å². The zero-order valence-corrected chi connectivity index (χ0v) is 22.6. The first-order chi connectivity index (χ1) is 18.4. The Bertz CT molecular complexity index is 1660.